The molecule has 0 aromatic carbocycles. The number of hydrogen-bond donors (Lipinski definition) is 4. The van der Waals surface area contributed by atoms with Crippen LogP contribution < -0.4 is 11.1 Å². The Hall–Kier alpha value is -2.05. The molecule has 2 rings (SSSR count). The van der Waals surface area contributed by atoms with Gasteiger partial charge in [-0.05, 0) is 18.8 Å². The van der Waals surface area contributed by atoms with E-state index < -0.39 is 6.04 Å². The summed E-state index contributed by atoms with van der Waals surface area (Å²) in [5, 5.41) is 20.5. The molecule has 0 bridgehead atoms. The molecule has 1 saturated carbocycles. The summed E-state index contributed by atoms with van der Waals surface area (Å²) >= 11 is 0. The second-order valence-corrected chi connectivity index (χ2v) is 3.80. The maximum Gasteiger partial charge on any atom is 0.255 e. The number of carbonyl (C=O) groups excluding carboxylic acids is 1. The number of nitrogens with zero attached hydrogens (tertiary/aromatic N) is 2. The van der Waals surface area contributed by atoms with Gasteiger partial charge in [-0.3, -0.25) is 9.89 Å². The van der Waals surface area contributed by atoms with E-state index in [1.165, 1.54) is 12.4 Å². The average molecular weight is 223 g/mol. The Morgan fingerprint density at radius 3 is 3.00 bits per heavy atom. The van der Waals surface area contributed by atoms with E-state index >= 15 is 0 Å². The van der Waals surface area contributed by atoms with Crippen molar-refractivity contribution in [3.05, 3.63) is 18.0 Å². The molecule has 7 heteroatoms. The summed E-state index contributed by atoms with van der Waals surface area (Å²) in [5.41, 5.74) is 5.95. The van der Waals surface area contributed by atoms with Crippen molar-refractivity contribution in [2.45, 2.75) is 18.9 Å². The van der Waals surface area contributed by atoms with E-state index in [4.69, 9.17) is 10.9 Å². The molecule has 1 aliphatic rings. The van der Waals surface area contributed by atoms with E-state index in [1.807, 2.05) is 0 Å². The number of nitrogens with two attached hydrogens (primary N) is 1. The van der Waals surface area contributed by atoms with Gasteiger partial charge < -0.3 is 16.3 Å². The molecule has 7 nitrogen and oxygen atoms in total. The number of nitrogens with one attached hydrogen (secondary N) is 2. The lowest BCUT2D eigenvalue weighted by molar-refractivity contribution is 0.0943. The third-order valence-electron chi connectivity index (χ3n) is 2.57. The number of oxime groups is 1. The third-order valence-corrected chi connectivity index (χ3v) is 2.57. The molecule has 1 atom stereocenters. The van der Waals surface area contributed by atoms with Crippen LogP contribution in [0.5, 0.6) is 0 Å². The van der Waals surface area contributed by atoms with Crippen LogP contribution in [0.4, 0.5) is 0 Å². The van der Waals surface area contributed by atoms with Gasteiger partial charge in [0, 0.05) is 6.20 Å². The number of hydrogen-bond acceptors (Lipinski definition) is 4. The minimum Gasteiger partial charge on any atom is -0.409 e. The molecule has 1 amide bonds. The zero-order valence-electron chi connectivity index (χ0n) is 8.55. The monoisotopic (exact) mass is 223 g/mol. The highest BCUT2D eigenvalue weighted by Gasteiger charge is 2.35. The van der Waals surface area contributed by atoms with Crippen LogP contribution in [0.25, 0.3) is 0 Å². The number of amidine groups is 1. The number of carbonyl (C=O) groups is 1. The van der Waals surface area contributed by atoms with Crippen LogP contribution in [0.2, 0.25) is 0 Å². The van der Waals surface area contributed by atoms with Gasteiger partial charge in [0.1, 0.15) is 0 Å². The zero-order chi connectivity index (χ0) is 11.5. The molecule has 1 heterocycles. The van der Waals surface area contributed by atoms with E-state index in [0.717, 1.165) is 12.8 Å². The Bertz CT molecular complexity index is 396. The second kappa shape index (κ2) is 4.21. The fourth-order valence-corrected chi connectivity index (χ4v) is 1.52. The van der Waals surface area contributed by atoms with E-state index in [-0.39, 0.29) is 17.7 Å². The maximum atomic E-state index is 11.7. The van der Waals surface area contributed by atoms with Crippen LogP contribution in [0, 0.1) is 5.92 Å². The van der Waals surface area contributed by atoms with Gasteiger partial charge in [0.15, 0.2) is 5.84 Å². The van der Waals surface area contributed by atoms with Crippen molar-refractivity contribution in [3.8, 4) is 0 Å². The number of aromatic nitrogens is 2. The molecule has 1 aliphatic carbocycles. The normalized spacial score (nSPS) is 18.1. The summed E-state index contributed by atoms with van der Waals surface area (Å²) in [6.45, 7) is 0. The topological polar surface area (TPSA) is 116 Å². The molecule has 16 heavy (non-hydrogen) atoms. The first-order valence-electron chi connectivity index (χ1n) is 4.99. The molecule has 1 aromatic rings. The van der Waals surface area contributed by atoms with Crippen molar-refractivity contribution in [2.24, 2.45) is 16.8 Å². The maximum absolute atomic E-state index is 11.7. The molecule has 0 spiro atoms. The van der Waals surface area contributed by atoms with Gasteiger partial charge in [-0.2, -0.15) is 5.10 Å². The Labute approximate surface area is 91.7 Å². The largest absolute Gasteiger partial charge is 0.409 e. The SMILES string of the molecule is NC(=NO)C(NC(=O)c1cn[nH]c1)C1CC1. The van der Waals surface area contributed by atoms with Gasteiger partial charge in [0.05, 0.1) is 17.8 Å². The lowest BCUT2D eigenvalue weighted by Gasteiger charge is -2.15. The quantitative estimate of drug-likeness (QED) is 0.242. The van der Waals surface area contributed by atoms with Crippen molar-refractivity contribution in [2.75, 3.05) is 0 Å². The van der Waals surface area contributed by atoms with Crippen molar-refractivity contribution < 1.29 is 10.0 Å². The highest BCUT2D eigenvalue weighted by Crippen LogP contribution is 2.32. The van der Waals surface area contributed by atoms with Gasteiger partial charge in [-0.25, -0.2) is 0 Å². The molecule has 0 saturated heterocycles. The number of rotatable bonds is 4. The van der Waals surface area contributed by atoms with E-state index in [2.05, 4.69) is 20.7 Å². The Balaban J connectivity index is 2.03. The molecule has 5 N–H and O–H groups in total. The fraction of sp³-hybridized carbons (Fsp3) is 0.444. The van der Waals surface area contributed by atoms with Gasteiger partial charge in [-0.1, -0.05) is 5.16 Å². The Morgan fingerprint density at radius 2 is 2.50 bits per heavy atom. The highest BCUT2D eigenvalue weighted by atomic mass is 16.4. The standard InChI is InChI=1S/C9H13N5O2/c10-8(14-16)7(5-1-2-5)13-9(15)6-3-11-12-4-6/h3-5,7,16H,1-2H2,(H2,10,14)(H,11,12)(H,13,15). The minimum atomic E-state index is -0.396. The molecular weight excluding hydrogens is 210 g/mol. The average Bonchev–Trinajstić information content (AvgIpc) is 2.98. The molecule has 0 aliphatic heterocycles. The molecule has 1 fully saturated rings. The van der Waals surface area contributed by atoms with Crippen molar-refractivity contribution in [1.82, 2.24) is 15.5 Å². The molecular formula is C9H13N5O2. The summed E-state index contributed by atoms with van der Waals surface area (Å²) in [6, 6.07) is -0.396. The molecule has 1 aromatic heterocycles. The van der Waals surface area contributed by atoms with Crippen LogP contribution in [-0.2, 0) is 0 Å². The predicted octanol–water partition coefficient (Wildman–Crippen LogP) is -0.336. The first-order chi connectivity index (χ1) is 7.72. The lowest BCUT2D eigenvalue weighted by atomic mass is 10.1. The number of aromatic amines is 1. The fourth-order valence-electron chi connectivity index (χ4n) is 1.52. The predicted molar refractivity (Wildman–Crippen MR) is 56.0 cm³/mol. The van der Waals surface area contributed by atoms with Crippen molar-refractivity contribution in [1.29, 1.82) is 0 Å². The second-order valence-electron chi connectivity index (χ2n) is 3.80. The van der Waals surface area contributed by atoms with Crippen LogP contribution in [0.3, 0.4) is 0 Å². The van der Waals surface area contributed by atoms with E-state index in [9.17, 15) is 4.79 Å². The number of amides is 1. The molecule has 0 radical (unpaired) electrons. The lowest BCUT2D eigenvalue weighted by Crippen LogP contribution is -2.46. The minimum absolute atomic E-state index is 0.0411. The first kappa shape index (κ1) is 10.5. The van der Waals surface area contributed by atoms with E-state index in [1.54, 1.807) is 0 Å². The molecule has 86 valence electrons. The van der Waals surface area contributed by atoms with Crippen molar-refractivity contribution >= 4 is 11.7 Å². The summed E-state index contributed by atoms with van der Waals surface area (Å²) in [6.07, 6.45) is 4.87. The van der Waals surface area contributed by atoms with Gasteiger partial charge in [-0.15, -0.1) is 0 Å². The van der Waals surface area contributed by atoms with Crippen LogP contribution >= 0.6 is 0 Å². The number of H-pyrrole nitrogens is 1. The Morgan fingerprint density at radius 1 is 1.75 bits per heavy atom. The van der Waals surface area contributed by atoms with Crippen LogP contribution in [0.1, 0.15) is 23.2 Å². The van der Waals surface area contributed by atoms with E-state index in [0.29, 0.717) is 5.56 Å². The summed E-state index contributed by atoms with van der Waals surface area (Å²) in [4.78, 5) is 11.7. The summed E-state index contributed by atoms with van der Waals surface area (Å²) in [5.74, 6) is 0.0309. The zero-order valence-corrected chi connectivity index (χ0v) is 8.55. The Kier molecular flexibility index (Phi) is 2.76. The first-order valence-corrected chi connectivity index (χ1v) is 4.99. The smallest absolute Gasteiger partial charge is 0.255 e. The third kappa shape index (κ3) is 2.13. The van der Waals surface area contributed by atoms with Crippen LogP contribution in [-0.4, -0.2) is 33.2 Å². The van der Waals surface area contributed by atoms with Gasteiger partial charge >= 0.3 is 0 Å². The molecule has 1 unspecified atom stereocenters. The summed E-state index contributed by atoms with van der Waals surface area (Å²) < 4.78 is 0. The van der Waals surface area contributed by atoms with Crippen LogP contribution in [0.15, 0.2) is 17.5 Å². The summed E-state index contributed by atoms with van der Waals surface area (Å²) in [7, 11) is 0. The van der Waals surface area contributed by atoms with Crippen molar-refractivity contribution in [3.63, 3.8) is 0 Å². The van der Waals surface area contributed by atoms with Gasteiger partial charge in [0.25, 0.3) is 5.91 Å². The highest BCUT2D eigenvalue weighted by molar-refractivity contribution is 5.98. The van der Waals surface area contributed by atoms with Gasteiger partial charge in [0.2, 0.25) is 0 Å².